The van der Waals surface area contributed by atoms with Gasteiger partial charge in [0, 0.05) is 48.4 Å². The number of hydrogen-bond acceptors (Lipinski definition) is 8. The summed E-state index contributed by atoms with van der Waals surface area (Å²) < 4.78 is 3.29. The van der Waals surface area contributed by atoms with Gasteiger partial charge in [-0.1, -0.05) is 75.7 Å². The highest BCUT2D eigenvalue weighted by molar-refractivity contribution is 6.41. The molecule has 44 heavy (non-hydrogen) atoms. The van der Waals surface area contributed by atoms with Crippen molar-refractivity contribution < 1.29 is 9.90 Å². The smallest absolute Gasteiger partial charge is 0.216 e. The maximum absolute atomic E-state index is 12.7. The largest absolute Gasteiger partial charge is 0.382 e. The Hall–Kier alpha value is -3.09. The van der Waals surface area contributed by atoms with Crippen LogP contribution in [0.2, 0.25) is 30.7 Å². The molecule has 1 unspecified atom stereocenters. The minimum atomic E-state index is -1.10. The van der Waals surface area contributed by atoms with E-state index in [0.717, 1.165) is 10.9 Å². The Morgan fingerprint density at radius 1 is 0.705 bits per heavy atom. The van der Waals surface area contributed by atoms with Crippen molar-refractivity contribution in [3.63, 3.8) is 0 Å². The zero-order chi connectivity index (χ0) is 32.0. The standard InChI is InChI=1S/C14H11Cl3N4O.C14H9Cl3N4O/c2*1-6-13(16)19-14(17)11(18-6)12(22)7-3-4-9-8(10(7)15)5-21(2)20-9/h3-5,12,22H,1-2H3;3-5H,1-2H3. The Balaban J connectivity index is 0.000000175. The molecular weight excluding hydrogens is 693 g/mol. The Bertz CT molecular complexity index is 2100. The maximum atomic E-state index is 12.7. The Morgan fingerprint density at radius 3 is 1.84 bits per heavy atom. The van der Waals surface area contributed by atoms with E-state index in [-0.39, 0.29) is 32.0 Å². The van der Waals surface area contributed by atoms with E-state index in [1.54, 1.807) is 74.0 Å². The molecule has 4 aromatic heterocycles. The van der Waals surface area contributed by atoms with E-state index >= 15 is 0 Å². The van der Waals surface area contributed by atoms with Crippen LogP contribution in [0, 0.1) is 13.8 Å². The quantitative estimate of drug-likeness (QED) is 0.186. The van der Waals surface area contributed by atoms with Gasteiger partial charge in [-0.3, -0.25) is 14.2 Å². The fraction of sp³-hybridized carbons (Fsp3) is 0.179. The highest BCUT2D eigenvalue weighted by Crippen LogP contribution is 2.35. The van der Waals surface area contributed by atoms with Crippen LogP contribution in [0.3, 0.4) is 0 Å². The molecule has 1 atom stereocenters. The number of aliphatic hydroxyl groups excluding tert-OH is 1. The molecule has 0 fully saturated rings. The predicted molar refractivity (Wildman–Crippen MR) is 173 cm³/mol. The van der Waals surface area contributed by atoms with E-state index in [1.807, 2.05) is 0 Å². The van der Waals surface area contributed by atoms with Crippen molar-refractivity contribution in [2.75, 3.05) is 0 Å². The fourth-order valence-corrected chi connectivity index (χ4v) is 5.72. The predicted octanol–water partition coefficient (Wildman–Crippen LogP) is 7.58. The van der Waals surface area contributed by atoms with Crippen molar-refractivity contribution in [1.82, 2.24) is 39.5 Å². The van der Waals surface area contributed by atoms with Crippen LogP contribution in [0.4, 0.5) is 0 Å². The number of aryl methyl sites for hydroxylation is 4. The van der Waals surface area contributed by atoms with Crippen LogP contribution >= 0.6 is 69.6 Å². The molecule has 0 bridgehead atoms. The number of carbonyl (C=O) groups excluding carboxylic acids is 1. The Labute approximate surface area is 280 Å². The molecule has 6 rings (SSSR count). The summed E-state index contributed by atoms with van der Waals surface area (Å²) in [6, 6.07) is 6.80. The molecule has 0 saturated heterocycles. The highest BCUT2D eigenvalue weighted by atomic mass is 35.5. The Morgan fingerprint density at radius 2 is 1.23 bits per heavy atom. The molecule has 0 spiro atoms. The molecule has 6 aromatic rings. The minimum absolute atomic E-state index is 0.0220. The van der Waals surface area contributed by atoms with E-state index in [0.29, 0.717) is 43.5 Å². The van der Waals surface area contributed by atoms with Gasteiger partial charge in [0.25, 0.3) is 0 Å². The topological polar surface area (TPSA) is 125 Å². The van der Waals surface area contributed by atoms with Gasteiger partial charge in [-0.25, -0.2) is 19.9 Å². The van der Waals surface area contributed by atoms with E-state index in [9.17, 15) is 9.90 Å². The second-order valence-electron chi connectivity index (χ2n) is 9.61. The van der Waals surface area contributed by atoms with Crippen LogP contribution < -0.4 is 0 Å². The van der Waals surface area contributed by atoms with Gasteiger partial charge in [0.05, 0.1) is 32.5 Å². The summed E-state index contributed by atoms with van der Waals surface area (Å²) in [6.07, 6.45) is 2.43. The van der Waals surface area contributed by atoms with Gasteiger partial charge < -0.3 is 5.11 Å². The maximum Gasteiger partial charge on any atom is 0.216 e. The van der Waals surface area contributed by atoms with Gasteiger partial charge in [-0.2, -0.15) is 10.2 Å². The molecule has 226 valence electrons. The van der Waals surface area contributed by atoms with Crippen molar-refractivity contribution in [2.45, 2.75) is 20.0 Å². The number of aliphatic hydroxyl groups is 1. The number of aromatic nitrogens is 8. The molecule has 0 aliphatic rings. The number of fused-ring (bicyclic) bond motifs is 2. The lowest BCUT2D eigenvalue weighted by molar-refractivity contribution is 0.103. The van der Waals surface area contributed by atoms with E-state index in [4.69, 9.17) is 69.6 Å². The number of benzene rings is 2. The lowest BCUT2D eigenvalue weighted by Gasteiger charge is -2.14. The van der Waals surface area contributed by atoms with Crippen LogP contribution in [0.15, 0.2) is 36.7 Å². The van der Waals surface area contributed by atoms with Crippen LogP contribution in [0.1, 0.15) is 44.8 Å². The van der Waals surface area contributed by atoms with E-state index in [2.05, 4.69) is 30.1 Å². The lowest BCUT2D eigenvalue weighted by atomic mass is 10.0. The van der Waals surface area contributed by atoms with Gasteiger partial charge >= 0.3 is 0 Å². The normalized spacial score (nSPS) is 12.0. The zero-order valence-electron chi connectivity index (χ0n) is 23.2. The van der Waals surface area contributed by atoms with Crippen LogP contribution in [-0.4, -0.2) is 50.4 Å². The monoisotopic (exact) mass is 710 g/mol. The van der Waals surface area contributed by atoms with Crippen LogP contribution in [-0.2, 0) is 14.1 Å². The second-order valence-corrected chi connectivity index (χ2v) is 11.8. The van der Waals surface area contributed by atoms with Crippen molar-refractivity contribution in [3.8, 4) is 0 Å². The van der Waals surface area contributed by atoms with Gasteiger partial charge in [0.2, 0.25) is 5.78 Å². The SMILES string of the molecule is Cc1nc(C(=O)c2ccc3nn(C)cc3c2Cl)c(Cl)nc1Cl.Cc1nc(C(O)c2ccc3nn(C)cc3c2Cl)c(Cl)nc1Cl. The number of nitrogens with zero attached hydrogens (tertiary/aromatic N) is 8. The number of halogens is 6. The summed E-state index contributed by atoms with van der Waals surface area (Å²) in [5.41, 5.74) is 3.37. The fourth-order valence-electron chi connectivity index (χ4n) is 4.33. The lowest BCUT2D eigenvalue weighted by Crippen LogP contribution is -2.08. The van der Waals surface area contributed by atoms with Crippen molar-refractivity contribution in [2.24, 2.45) is 14.1 Å². The summed E-state index contributed by atoms with van der Waals surface area (Å²) in [7, 11) is 3.58. The number of hydrogen-bond donors (Lipinski definition) is 1. The first-order chi connectivity index (χ1) is 20.8. The van der Waals surface area contributed by atoms with Crippen LogP contribution in [0.5, 0.6) is 0 Å². The molecule has 10 nitrogen and oxygen atoms in total. The molecule has 0 radical (unpaired) electrons. The zero-order valence-corrected chi connectivity index (χ0v) is 27.8. The average molecular weight is 713 g/mol. The molecule has 0 aliphatic carbocycles. The van der Waals surface area contributed by atoms with Crippen molar-refractivity contribution in [1.29, 1.82) is 0 Å². The summed E-state index contributed by atoms with van der Waals surface area (Å²) in [5.74, 6) is -0.409. The number of rotatable bonds is 4. The summed E-state index contributed by atoms with van der Waals surface area (Å²) in [5, 5.41) is 21.6. The first-order valence-corrected chi connectivity index (χ1v) is 14.9. The number of carbonyl (C=O) groups is 1. The molecule has 1 N–H and O–H groups in total. The first-order valence-electron chi connectivity index (χ1n) is 12.6. The van der Waals surface area contributed by atoms with Gasteiger partial charge in [-0.15, -0.1) is 0 Å². The average Bonchev–Trinajstić information content (AvgIpc) is 3.55. The molecular formula is C28H20Cl6N8O2. The van der Waals surface area contributed by atoms with Gasteiger partial charge in [0.1, 0.15) is 17.5 Å². The summed E-state index contributed by atoms with van der Waals surface area (Å²) in [4.78, 5) is 28.9. The molecule has 4 heterocycles. The van der Waals surface area contributed by atoms with Crippen molar-refractivity contribution >= 4 is 97.2 Å². The third-order valence-corrected chi connectivity index (χ3v) is 8.57. The molecule has 16 heteroatoms. The van der Waals surface area contributed by atoms with Gasteiger partial charge in [-0.05, 0) is 32.0 Å². The van der Waals surface area contributed by atoms with E-state index in [1.165, 1.54) is 0 Å². The molecule has 2 aromatic carbocycles. The van der Waals surface area contributed by atoms with Crippen molar-refractivity contribution in [3.05, 3.63) is 101 Å². The Kier molecular flexibility index (Phi) is 9.34. The summed E-state index contributed by atoms with van der Waals surface area (Å²) in [6.45, 7) is 3.34. The molecule has 0 aliphatic heterocycles. The number of ketones is 1. The first kappa shape index (κ1) is 32.3. The molecule has 0 saturated carbocycles. The third-order valence-electron chi connectivity index (χ3n) is 6.48. The van der Waals surface area contributed by atoms with E-state index < -0.39 is 11.9 Å². The third kappa shape index (κ3) is 6.21. The second kappa shape index (κ2) is 12.7. The van der Waals surface area contributed by atoms with Crippen LogP contribution in [0.25, 0.3) is 21.8 Å². The highest BCUT2D eigenvalue weighted by Gasteiger charge is 2.23. The van der Waals surface area contributed by atoms with Gasteiger partial charge in [0.15, 0.2) is 20.6 Å². The molecule has 0 amide bonds. The minimum Gasteiger partial charge on any atom is -0.382 e. The summed E-state index contributed by atoms with van der Waals surface area (Å²) >= 11 is 36.5.